The van der Waals surface area contributed by atoms with E-state index in [2.05, 4.69) is 88.3 Å². The Morgan fingerprint density at radius 1 is 1.05 bits per heavy atom. The molecule has 0 saturated carbocycles. The summed E-state index contributed by atoms with van der Waals surface area (Å²) in [6.45, 7) is 15.8. The Labute approximate surface area is 139 Å². The van der Waals surface area contributed by atoms with E-state index in [9.17, 15) is 0 Å². The molecule has 117 valence electrons. The van der Waals surface area contributed by atoms with Crippen LogP contribution in [0.15, 0.2) is 46.6 Å². The molecule has 0 amide bonds. The average Bonchev–Trinajstić information content (AvgIpc) is 2.61. The molecule has 0 heterocycles. The summed E-state index contributed by atoms with van der Waals surface area (Å²) in [5.74, 6) is 0.492. The molecule has 1 aliphatic carbocycles. The van der Waals surface area contributed by atoms with Gasteiger partial charge in [0.25, 0.3) is 0 Å². The van der Waals surface area contributed by atoms with Crippen LogP contribution < -0.4 is 10.5 Å². The molecule has 2 atom stereocenters. The lowest BCUT2D eigenvalue weighted by Gasteiger charge is -2.33. The maximum atomic E-state index is 3.84. The molecule has 2 heteroatoms. The molecule has 0 saturated heterocycles. The molecule has 22 heavy (non-hydrogen) atoms. The first kappa shape index (κ1) is 17.2. The third kappa shape index (κ3) is 3.28. The first-order valence-electron chi connectivity index (χ1n) is 8.10. The van der Waals surface area contributed by atoms with Crippen molar-refractivity contribution in [3.63, 3.8) is 0 Å². The predicted octanol–water partition coefficient (Wildman–Crippen LogP) is 4.21. The lowest BCUT2D eigenvalue weighted by molar-refractivity contribution is 0.379. The molecule has 1 aromatic carbocycles. The second kappa shape index (κ2) is 6.17. The summed E-state index contributed by atoms with van der Waals surface area (Å²) in [5.41, 5.74) is 7.28. The van der Waals surface area contributed by atoms with Crippen LogP contribution in [0.3, 0.4) is 0 Å². The molecule has 1 aliphatic rings. The maximum absolute atomic E-state index is 3.84. The Morgan fingerprint density at radius 3 is 2.09 bits per heavy atom. The lowest BCUT2D eigenvalue weighted by atomic mass is 9.86. The van der Waals surface area contributed by atoms with Crippen molar-refractivity contribution in [1.29, 1.82) is 0 Å². The summed E-state index contributed by atoms with van der Waals surface area (Å²) >= 11 is 0. The van der Waals surface area contributed by atoms with E-state index in [1.807, 2.05) is 0 Å². The van der Waals surface area contributed by atoms with Gasteiger partial charge in [-0.2, -0.15) is 0 Å². The maximum Gasteiger partial charge on any atom is 0.0716 e. The highest BCUT2D eigenvalue weighted by Gasteiger charge is 2.32. The van der Waals surface area contributed by atoms with Gasteiger partial charge in [-0.3, -0.25) is 0 Å². The largest absolute Gasteiger partial charge is 0.302 e. The fraction of sp³-hybridized carbons (Fsp3) is 0.500. The molecular weight excluding hydrogens is 282 g/mol. The van der Waals surface area contributed by atoms with Gasteiger partial charge in [-0.15, -0.1) is 0 Å². The summed E-state index contributed by atoms with van der Waals surface area (Å²) in [6, 6.07) is 8.79. The Kier molecular flexibility index (Phi) is 4.83. The number of hydrogen-bond donors (Lipinski definition) is 1. The van der Waals surface area contributed by atoms with E-state index in [1.54, 1.807) is 0 Å². The topological polar surface area (TPSA) is 12.0 Å². The molecular formula is C20H28NSi. The van der Waals surface area contributed by atoms with Crippen LogP contribution in [-0.4, -0.2) is 15.8 Å². The molecule has 2 unspecified atom stereocenters. The Bertz CT molecular complexity index is 631. The van der Waals surface area contributed by atoms with Gasteiger partial charge in [-0.25, -0.2) is 0 Å². The van der Waals surface area contributed by atoms with Crippen LogP contribution in [0.2, 0.25) is 0 Å². The lowest BCUT2D eigenvalue weighted by Crippen LogP contribution is -2.42. The zero-order chi connectivity index (χ0) is 16.7. The zero-order valence-electron chi connectivity index (χ0n) is 15.0. The molecule has 0 aromatic heterocycles. The first-order valence-corrected chi connectivity index (χ1v) is 8.60. The van der Waals surface area contributed by atoms with Crippen molar-refractivity contribution >= 4 is 15.4 Å². The fourth-order valence-corrected chi connectivity index (χ4v) is 3.69. The van der Waals surface area contributed by atoms with Gasteiger partial charge in [0.1, 0.15) is 0 Å². The third-order valence-corrected chi connectivity index (χ3v) is 5.32. The van der Waals surface area contributed by atoms with Crippen molar-refractivity contribution in [2.24, 2.45) is 5.92 Å². The molecule has 0 bridgehead atoms. The molecule has 2 rings (SSSR count). The molecule has 0 fully saturated rings. The van der Waals surface area contributed by atoms with E-state index in [0.717, 1.165) is 0 Å². The van der Waals surface area contributed by atoms with E-state index < -0.39 is 0 Å². The van der Waals surface area contributed by atoms with E-state index in [1.165, 1.54) is 33.0 Å². The smallest absolute Gasteiger partial charge is 0.0716 e. The van der Waals surface area contributed by atoms with Crippen molar-refractivity contribution in [2.45, 2.75) is 60.0 Å². The second-order valence-corrected chi connectivity index (χ2v) is 8.06. The van der Waals surface area contributed by atoms with Crippen molar-refractivity contribution < 1.29 is 0 Å². The van der Waals surface area contributed by atoms with Gasteiger partial charge in [-0.05, 0) is 63.8 Å². The van der Waals surface area contributed by atoms with Gasteiger partial charge in [0.15, 0.2) is 0 Å². The standard InChI is InChI=1S/C20H28NSi/c1-12-13(2)15(4)18(14(12)3)19(21-20(5,6)7)16-10-8-9-11-17(16)22/h8-11,14,19,21H,1-7H3. The van der Waals surface area contributed by atoms with Crippen LogP contribution in [0.5, 0.6) is 0 Å². The third-order valence-electron chi connectivity index (χ3n) is 4.86. The molecule has 1 nitrogen and oxygen atoms in total. The quantitative estimate of drug-likeness (QED) is 0.825. The van der Waals surface area contributed by atoms with Gasteiger partial charge in [-0.1, -0.05) is 41.9 Å². The SMILES string of the molecule is CC1=C(C)C(C)C(C(NC(C)(C)C)c2ccccc2[Si])=C1C. The molecule has 0 aliphatic heterocycles. The molecule has 1 N–H and O–H groups in total. The van der Waals surface area contributed by atoms with Gasteiger partial charge in [0, 0.05) is 11.5 Å². The first-order chi connectivity index (χ1) is 10.1. The van der Waals surface area contributed by atoms with Crippen LogP contribution in [0, 0.1) is 5.92 Å². The van der Waals surface area contributed by atoms with Crippen molar-refractivity contribution in [1.82, 2.24) is 5.32 Å². The summed E-state index contributed by atoms with van der Waals surface area (Å²) in [6.07, 6.45) is 0. The normalized spacial score (nSPS) is 20.8. The number of allylic oxidation sites excluding steroid dienone is 3. The summed E-state index contributed by atoms with van der Waals surface area (Å²) in [7, 11) is 3.80. The van der Waals surface area contributed by atoms with Crippen molar-refractivity contribution in [3.8, 4) is 0 Å². The average molecular weight is 311 g/mol. The molecule has 1 aromatic rings. The minimum absolute atomic E-state index is 0.0522. The van der Waals surface area contributed by atoms with E-state index in [4.69, 9.17) is 0 Å². The van der Waals surface area contributed by atoms with Crippen LogP contribution in [0.1, 0.15) is 60.1 Å². The molecule has 0 spiro atoms. The molecule has 3 radical (unpaired) electrons. The Balaban J connectivity index is 2.55. The highest BCUT2D eigenvalue weighted by Crippen LogP contribution is 2.43. The predicted molar refractivity (Wildman–Crippen MR) is 97.7 cm³/mol. The van der Waals surface area contributed by atoms with Crippen LogP contribution >= 0.6 is 0 Å². The van der Waals surface area contributed by atoms with Crippen LogP contribution in [0.25, 0.3) is 0 Å². The van der Waals surface area contributed by atoms with Gasteiger partial charge >= 0.3 is 0 Å². The van der Waals surface area contributed by atoms with E-state index in [-0.39, 0.29) is 11.6 Å². The summed E-state index contributed by atoms with van der Waals surface area (Å²) in [5, 5.41) is 5.01. The highest BCUT2D eigenvalue weighted by atomic mass is 28.1. The van der Waals surface area contributed by atoms with Gasteiger partial charge < -0.3 is 5.32 Å². The number of nitrogens with one attached hydrogen (secondary N) is 1. The zero-order valence-corrected chi connectivity index (χ0v) is 16.0. The monoisotopic (exact) mass is 310 g/mol. The number of hydrogen-bond acceptors (Lipinski definition) is 1. The summed E-state index contributed by atoms with van der Waals surface area (Å²) < 4.78 is 0. The minimum atomic E-state index is 0.0522. The second-order valence-electron chi connectivity index (χ2n) is 7.52. The van der Waals surface area contributed by atoms with Crippen molar-refractivity contribution in [3.05, 3.63) is 52.1 Å². The van der Waals surface area contributed by atoms with Gasteiger partial charge in [0.2, 0.25) is 0 Å². The number of rotatable bonds is 3. The van der Waals surface area contributed by atoms with Crippen molar-refractivity contribution in [2.75, 3.05) is 0 Å². The summed E-state index contributed by atoms with van der Waals surface area (Å²) in [4.78, 5) is 0. The van der Waals surface area contributed by atoms with Crippen LogP contribution in [0.4, 0.5) is 0 Å². The Hall–Kier alpha value is -1.12. The van der Waals surface area contributed by atoms with E-state index in [0.29, 0.717) is 5.92 Å². The highest BCUT2D eigenvalue weighted by molar-refractivity contribution is 6.33. The Morgan fingerprint density at radius 2 is 1.64 bits per heavy atom. The van der Waals surface area contributed by atoms with E-state index >= 15 is 0 Å². The fourth-order valence-electron chi connectivity index (χ4n) is 3.37. The number of benzene rings is 1. The minimum Gasteiger partial charge on any atom is -0.302 e. The van der Waals surface area contributed by atoms with Gasteiger partial charge in [0.05, 0.1) is 16.3 Å². The van der Waals surface area contributed by atoms with Crippen LogP contribution in [-0.2, 0) is 0 Å².